The largest absolute Gasteiger partial charge is 0.489 e. The monoisotopic (exact) mass is 471 g/mol. The van der Waals surface area contributed by atoms with Crippen LogP contribution in [0.4, 0.5) is 14.5 Å². The first-order valence-electron chi connectivity index (χ1n) is 11.3. The minimum absolute atomic E-state index is 0.0696. The molecule has 1 aliphatic heterocycles. The van der Waals surface area contributed by atoms with E-state index in [0.29, 0.717) is 41.5 Å². The van der Waals surface area contributed by atoms with Crippen LogP contribution in [0.2, 0.25) is 0 Å². The molecule has 1 unspecified atom stereocenters. The highest BCUT2D eigenvalue weighted by Gasteiger charge is 2.26. The van der Waals surface area contributed by atoms with Gasteiger partial charge in [-0.05, 0) is 42.7 Å². The van der Waals surface area contributed by atoms with Crippen molar-refractivity contribution in [3.63, 3.8) is 0 Å². The number of carbonyl (C=O) groups is 1. The minimum Gasteiger partial charge on any atom is -0.489 e. The maximum Gasteiger partial charge on any atom is 0.251 e. The van der Waals surface area contributed by atoms with Crippen molar-refractivity contribution in [2.45, 2.75) is 32.2 Å². The number of oxazole rings is 1. The lowest BCUT2D eigenvalue weighted by Gasteiger charge is -2.32. The van der Waals surface area contributed by atoms with Gasteiger partial charge in [0.2, 0.25) is 5.89 Å². The summed E-state index contributed by atoms with van der Waals surface area (Å²) >= 11 is 0. The van der Waals surface area contributed by atoms with Crippen molar-refractivity contribution >= 4 is 11.6 Å². The Balaban J connectivity index is 1.63. The third-order valence-corrected chi connectivity index (χ3v) is 5.68. The fourth-order valence-corrected chi connectivity index (χ4v) is 4.05. The van der Waals surface area contributed by atoms with Crippen molar-refractivity contribution in [2.24, 2.45) is 0 Å². The van der Waals surface area contributed by atoms with Gasteiger partial charge in [0.05, 0.1) is 36.6 Å². The Bertz CT molecular complexity index is 1120. The Hall–Kier alpha value is -3.46. The van der Waals surface area contributed by atoms with Gasteiger partial charge in [0.25, 0.3) is 5.91 Å². The van der Waals surface area contributed by atoms with Crippen LogP contribution in [-0.2, 0) is 6.42 Å². The fourth-order valence-electron chi connectivity index (χ4n) is 4.05. The number of nitrogens with one attached hydrogen (secondary N) is 1. The molecule has 0 aliphatic carbocycles. The van der Waals surface area contributed by atoms with Crippen LogP contribution in [-0.4, -0.2) is 48.3 Å². The number of aliphatic hydroxyl groups is 1. The number of carbonyl (C=O) groups excluding carboxylic acids is 1. The van der Waals surface area contributed by atoms with E-state index < -0.39 is 30.2 Å². The van der Waals surface area contributed by atoms with E-state index >= 15 is 0 Å². The number of halogens is 2. The van der Waals surface area contributed by atoms with Crippen molar-refractivity contribution in [1.82, 2.24) is 10.3 Å². The maximum absolute atomic E-state index is 13.6. The van der Waals surface area contributed by atoms with Crippen molar-refractivity contribution < 1.29 is 27.8 Å². The van der Waals surface area contributed by atoms with Crippen LogP contribution in [0.25, 0.3) is 11.5 Å². The molecule has 1 atom stereocenters. The summed E-state index contributed by atoms with van der Waals surface area (Å²) in [5, 5.41) is 12.6. The summed E-state index contributed by atoms with van der Waals surface area (Å²) in [6.07, 6.45) is 5.05. The molecular formula is C25H27F2N3O4. The standard InChI is InChI=1S/C25H27F2N3O4/c1-2-3-5-30-6-8-33-23-21(25-28-4-7-34-25)12-17(13-22(23)30)24(32)29-20(15-31)11-16-9-18(26)14-19(27)10-16/h4,7,9-10,12-14,20,31H,2-3,5-6,8,11,15H2,1H3,(H,29,32). The van der Waals surface area contributed by atoms with E-state index in [9.17, 15) is 18.7 Å². The molecule has 7 nitrogen and oxygen atoms in total. The first-order valence-corrected chi connectivity index (χ1v) is 11.3. The molecule has 2 aromatic carbocycles. The number of rotatable bonds is 9. The van der Waals surface area contributed by atoms with Gasteiger partial charge in [0.1, 0.15) is 24.5 Å². The van der Waals surface area contributed by atoms with Gasteiger partial charge in [0.15, 0.2) is 5.75 Å². The molecule has 9 heteroatoms. The lowest BCUT2D eigenvalue weighted by atomic mass is 10.0. The molecule has 1 amide bonds. The van der Waals surface area contributed by atoms with Crippen LogP contribution in [0, 0.1) is 11.6 Å². The average Bonchev–Trinajstić information content (AvgIpc) is 3.35. The van der Waals surface area contributed by atoms with Gasteiger partial charge in [-0.2, -0.15) is 0 Å². The van der Waals surface area contributed by atoms with E-state index in [1.165, 1.54) is 24.6 Å². The predicted octanol–water partition coefficient (Wildman–Crippen LogP) is 3.95. The van der Waals surface area contributed by atoms with Gasteiger partial charge in [-0.15, -0.1) is 0 Å². The van der Waals surface area contributed by atoms with Crippen LogP contribution in [0.3, 0.4) is 0 Å². The molecule has 0 radical (unpaired) electrons. The van der Waals surface area contributed by atoms with Gasteiger partial charge in [-0.25, -0.2) is 13.8 Å². The van der Waals surface area contributed by atoms with Gasteiger partial charge in [-0.3, -0.25) is 4.79 Å². The molecular weight excluding hydrogens is 444 g/mol. The summed E-state index contributed by atoms with van der Waals surface area (Å²) in [6, 6.07) is 5.80. The molecule has 3 aromatic rings. The molecule has 1 aliphatic rings. The third kappa shape index (κ3) is 5.36. The van der Waals surface area contributed by atoms with Crippen molar-refractivity contribution in [1.29, 1.82) is 0 Å². The third-order valence-electron chi connectivity index (χ3n) is 5.68. The van der Waals surface area contributed by atoms with Gasteiger partial charge in [-0.1, -0.05) is 13.3 Å². The summed E-state index contributed by atoms with van der Waals surface area (Å²) in [5.74, 6) is -0.925. The second-order valence-electron chi connectivity index (χ2n) is 8.23. The normalized spacial score (nSPS) is 13.8. The molecule has 0 bridgehead atoms. The second kappa shape index (κ2) is 10.6. The molecule has 4 rings (SSSR count). The number of nitrogens with zero attached hydrogens (tertiary/aromatic N) is 2. The summed E-state index contributed by atoms with van der Waals surface area (Å²) in [4.78, 5) is 19.6. The van der Waals surface area contributed by atoms with Crippen LogP contribution in [0.15, 0.2) is 47.2 Å². The number of hydrogen-bond donors (Lipinski definition) is 2. The average molecular weight is 472 g/mol. The molecule has 34 heavy (non-hydrogen) atoms. The van der Waals surface area contributed by atoms with Crippen molar-refractivity contribution in [2.75, 3.05) is 31.2 Å². The topological polar surface area (TPSA) is 87.8 Å². The highest BCUT2D eigenvalue weighted by Crippen LogP contribution is 2.41. The number of aliphatic hydroxyl groups excluding tert-OH is 1. The van der Waals surface area contributed by atoms with E-state index in [1.54, 1.807) is 12.1 Å². The first kappa shape index (κ1) is 23.7. The lowest BCUT2D eigenvalue weighted by molar-refractivity contribution is 0.0916. The van der Waals surface area contributed by atoms with Gasteiger partial charge < -0.3 is 24.5 Å². The molecule has 180 valence electrons. The summed E-state index contributed by atoms with van der Waals surface area (Å²) in [5.41, 5.74) is 2.00. The number of ether oxygens (including phenoxy) is 1. The molecule has 0 spiro atoms. The highest BCUT2D eigenvalue weighted by atomic mass is 19.1. The molecule has 1 aromatic heterocycles. The minimum atomic E-state index is -0.734. The fraction of sp³-hybridized carbons (Fsp3) is 0.360. The van der Waals surface area contributed by atoms with Gasteiger partial charge in [0, 0.05) is 18.2 Å². The van der Waals surface area contributed by atoms with E-state index in [-0.39, 0.29) is 6.42 Å². The molecule has 0 saturated carbocycles. The second-order valence-corrected chi connectivity index (χ2v) is 8.23. The summed E-state index contributed by atoms with van der Waals surface area (Å²) in [6.45, 7) is 3.73. The van der Waals surface area contributed by atoms with E-state index in [4.69, 9.17) is 9.15 Å². The summed E-state index contributed by atoms with van der Waals surface area (Å²) < 4.78 is 38.5. The van der Waals surface area contributed by atoms with Gasteiger partial charge >= 0.3 is 0 Å². The molecule has 0 fully saturated rings. The first-order chi connectivity index (χ1) is 16.5. The number of aromatic nitrogens is 1. The van der Waals surface area contributed by atoms with Crippen molar-refractivity contribution in [3.05, 3.63) is 65.6 Å². The number of benzene rings is 2. The van der Waals surface area contributed by atoms with E-state index in [1.807, 2.05) is 0 Å². The lowest BCUT2D eigenvalue weighted by Crippen LogP contribution is -2.39. The zero-order chi connectivity index (χ0) is 24.1. The molecule has 2 N–H and O–H groups in total. The van der Waals surface area contributed by atoms with Crippen LogP contribution in [0.1, 0.15) is 35.7 Å². The SMILES string of the molecule is CCCCN1CCOc2c(-c3ncco3)cc(C(=O)NC(CO)Cc3cc(F)cc(F)c3)cc21. The zero-order valence-electron chi connectivity index (χ0n) is 18.9. The predicted molar refractivity (Wildman–Crippen MR) is 123 cm³/mol. The number of fused-ring (bicyclic) bond motifs is 1. The van der Waals surface area contributed by atoms with Crippen LogP contribution >= 0.6 is 0 Å². The van der Waals surface area contributed by atoms with E-state index in [2.05, 4.69) is 22.1 Å². The van der Waals surface area contributed by atoms with Crippen LogP contribution in [0.5, 0.6) is 5.75 Å². The Kier molecular flexibility index (Phi) is 7.42. The zero-order valence-corrected chi connectivity index (χ0v) is 18.9. The van der Waals surface area contributed by atoms with Crippen LogP contribution < -0.4 is 15.0 Å². The molecule has 2 heterocycles. The van der Waals surface area contributed by atoms with Crippen molar-refractivity contribution in [3.8, 4) is 17.2 Å². The smallest absolute Gasteiger partial charge is 0.251 e. The highest BCUT2D eigenvalue weighted by molar-refractivity contribution is 5.98. The maximum atomic E-state index is 13.6. The number of amides is 1. The molecule has 0 saturated heterocycles. The number of hydrogen-bond acceptors (Lipinski definition) is 6. The van der Waals surface area contributed by atoms with E-state index in [0.717, 1.165) is 31.1 Å². The Morgan fingerprint density at radius 3 is 2.71 bits per heavy atom. The Labute approximate surface area is 196 Å². The quantitative estimate of drug-likeness (QED) is 0.491. The number of unbranched alkanes of at least 4 members (excludes halogenated alkanes) is 1. The Morgan fingerprint density at radius 2 is 2.03 bits per heavy atom. The summed E-state index contributed by atoms with van der Waals surface area (Å²) in [7, 11) is 0. The Morgan fingerprint density at radius 1 is 1.24 bits per heavy atom. The number of anilines is 1.